The Morgan fingerprint density at radius 3 is 2.75 bits per heavy atom. The number of anilines is 1. The number of hydrogen-bond acceptors (Lipinski definition) is 4. The van der Waals surface area contributed by atoms with E-state index in [-0.39, 0.29) is 23.1 Å². The van der Waals surface area contributed by atoms with E-state index in [1.165, 1.54) is 0 Å². The third-order valence-corrected chi connectivity index (χ3v) is 4.00. The van der Waals surface area contributed by atoms with Gasteiger partial charge in [-0.3, -0.25) is 9.78 Å². The van der Waals surface area contributed by atoms with Crippen LogP contribution in [0.1, 0.15) is 16.9 Å². The third-order valence-electron chi connectivity index (χ3n) is 3.70. The van der Waals surface area contributed by atoms with Crippen molar-refractivity contribution < 1.29 is 9.59 Å². The van der Waals surface area contributed by atoms with E-state index in [2.05, 4.69) is 20.6 Å². The molecule has 1 fully saturated rings. The van der Waals surface area contributed by atoms with Gasteiger partial charge in [0.25, 0.3) is 5.91 Å². The molecule has 0 aliphatic carbocycles. The Morgan fingerprint density at radius 2 is 2.00 bits per heavy atom. The van der Waals surface area contributed by atoms with Crippen molar-refractivity contribution in [3.05, 3.63) is 53.6 Å². The van der Waals surface area contributed by atoms with E-state index in [0.29, 0.717) is 30.9 Å². The number of halogens is 1. The Labute approximate surface area is 144 Å². The van der Waals surface area contributed by atoms with Crippen molar-refractivity contribution in [2.75, 3.05) is 18.4 Å². The highest BCUT2D eigenvalue weighted by Gasteiger charge is 2.28. The predicted octanol–water partition coefficient (Wildman–Crippen LogP) is 2.17. The van der Waals surface area contributed by atoms with Gasteiger partial charge in [-0.25, -0.2) is 9.78 Å². The number of carbonyl (C=O) groups is 2. The van der Waals surface area contributed by atoms with E-state index in [9.17, 15) is 9.59 Å². The van der Waals surface area contributed by atoms with Crippen LogP contribution in [0.2, 0.25) is 5.15 Å². The SMILES string of the molecule is O=C(Nc1cccnc1Cl)NC1CCN(C(=O)c2ccccn2)C1. The fourth-order valence-corrected chi connectivity index (χ4v) is 2.70. The summed E-state index contributed by atoms with van der Waals surface area (Å²) in [5.74, 6) is -0.129. The molecule has 1 saturated heterocycles. The number of carbonyl (C=O) groups excluding carboxylic acids is 2. The minimum absolute atomic E-state index is 0.117. The van der Waals surface area contributed by atoms with E-state index in [0.717, 1.165) is 0 Å². The van der Waals surface area contributed by atoms with Gasteiger partial charge in [0.1, 0.15) is 5.69 Å². The van der Waals surface area contributed by atoms with Crippen molar-refractivity contribution in [3.8, 4) is 0 Å². The number of nitrogens with zero attached hydrogens (tertiary/aromatic N) is 3. The van der Waals surface area contributed by atoms with Crippen molar-refractivity contribution in [1.82, 2.24) is 20.2 Å². The summed E-state index contributed by atoms with van der Waals surface area (Å²) in [6.45, 7) is 1.03. The number of aromatic nitrogens is 2. The summed E-state index contributed by atoms with van der Waals surface area (Å²) in [6, 6.07) is 8.08. The predicted molar refractivity (Wildman–Crippen MR) is 89.9 cm³/mol. The van der Waals surface area contributed by atoms with Crippen LogP contribution in [-0.2, 0) is 0 Å². The molecule has 8 heteroatoms. The van der Waals surface area contributed by atoms with Crippen LogP contribution in [0.25, 0.3) is 0 Å². The summed E-state index contributed by atoms with van der Waals surface area (Å²) in [5.41, 5.74) is 0.848. The molecular weight excluding hydrogens is 330 g/mol. The molecule has 3 amide bonds. The minimum Gasteiger partial charge on any atom is -0.335 e. The molecular formula is C16H16ClN5O2. The molecule has 1 aliphatic rings. The van der Waals surface area contributed by atoms with Gasteiger partial charge in [-0.1, -0.05) is 17.7 Å². The number of amides is 3. The number of pyridine rings is 2. The van der Waals surface area contributed by atoms with Crippen molar-refractivity contribution in [2.24, 2.45) is 0 Å². The molecule has 2 N–H and O–H groups in total. The highest BCUT2D eigenvalue weighted by Crippen LogP contribution is 2.18. The molecule has 1 atom stereocenters. The van der Waals surface area contributed by atoms with Crippen LogP contribution in [-0.4, -0.2) is 45.9 Å². The Kier molecular flexibility index (Phi) is 4.90. The van der Waals surface area contributed by atoms with Crippen LogP contribution in [0.4, 0.5) is 10.5 Å². The maximum atomic E-state index is 12.3. The van der Waals surface area contributed by atoms with Crippen LogP contribution >= 0.6 is 11.6 Å². The summed E-state index contributed by atoms with van der Waals surface area (Å²) in [7, 11) is 0. The monoisotopic (exact) mass is 345 g/mol. The highest BCUT2D eigenvalue weighted by atomic mass is 35.5. The molecule has 0 bridgehead atoms. The van der Waals surface area contributed by atoms with Crippen LogP contribution in [0.5, 0.6) is 0 Å². The number of nitrogens with one attached hydrogen (secondary N) is 2. The molecule has 2 aromatic rings. The van der Waals surface area contributed by atoms with Crippen molar-refractivity contribution >= 4 is 29.2 Å². The first-order chi connectivity index (χ1) is 11.6. The van der Waals surface area contributed by atoms with Crippen molar-refractivity contribution in [1.29, 1.82) is 0 Å². The zero-order valence-electron chi connectivity index (χ0n) is 12.8. The van der Waals surface area contributed by atoms with Gasteiger partial charge >= 0.3 is 6.03 Å². The number of likely N-dealkylation sites (tertiary alicyclic amines) is 1. The molecule has 124 valence electrons. The maximum Gasteiger partial charge on any atom is 0.319 e. The van der Waals surface area contributed by atoms with Crippen LogP contribution in [0, 0.1) is 0 Å². The number of rotatable bonds is 3. The lowest BCUT2D eigenvalue weighted by Crippen LogP contribution is -2.40. The van der Waals surface area contributed by atoms with Gasteiger partial charge in [-0.05, 0) is 30.7 Å². The topological polar surface area (TPSA) is 87.2 Å². The second-order valence-electron chi connectivity index (χ2n) is 5.39. The van der Waals surface area contributed by atoms with Gasteiger partial charge in [0.15, 0.2) is 5.15 Å². The van der Waals surface area contributed by atoms with Gasteiger partial charge in [0.2, 0.25) is 0 Å². The summed E-state index contributed by atoms with van der Waals surface area (Å²) in [6.07, 6.45) is 3.82. The quantitative estimate of drug-likeness (QED) is 0.834. The first-order valence-corrected chi connectivity index (χ1v) is 7.89. The standard InChI is InChI=1S/C16H16ClN5O2/c17-14-12(5-3-8-19-14)21-16(24)20-11-6-9-22(10-11)15(23)13-4-1-2-7-18-13/h1-5,7-8,11H,6,9-10H2,(H2,20,21,24). The van der Waals surface area contributed by atoms with E-state index in [1.54, 1.807) is 47.6 Å². The maximum absolute atomic E-state index is 12.3. The fraction of sp³-hybridized carbons (Fsp3) is 0.250. The largest absolute Gasteiger partial charge is 0.335 e. The lowest BCUT2D eigenvalue weighted by atomic mass is 10.3. The zero-order valence-corrected chi connectivity index (χ0v) is 13.5. The fourth-order valence-electron chi connectivity index (χ4n) is 2.54. The van der Waals surface area contributed by atoms with Crippen molar-refractivity contribution in [2.45, 2.75) is 12.5 Å². The second kappa shape index (κ2) is 7.27. The lowest BCUT2D eigenvalue weighted by Gasteiger charge is -2.17. The molecule has 0 saturated carbocycles. The lowest BCUT2D eigenvalue weighted by molar-refractivity contribution is 0.0783. The van der Waals surface area contributed by atoms with E-state index in [4.69, 9.17) is 11.6 Å². The third kappa shape index (κ3) is 3.80. The average Bonchev–Trinajstić information content (AvgIpc) is 3.05. The normalized spacial score (nSPS) is 16.7. The van der Waals surface area contributed by atoms with E-state index in [1.807, 2.05) is 0 Å². The Morgan fingerprint density at radius 1 is 1.17 bits per heavy atom. The molecule has 0 radical (unpaired) electrons. The van der Waals surface area contributed by atoms with Crippen LogP contribution < -0.4 is 10.6 Å². The van der Waals surface area contributed by atoms with Gasteiger partial charge in [-0.2, -0.15) is 0 Å². The summed E-state index contributed by atoms with van der Waals surface area (Å²) in [4.78, 5) is 34.0. The molecule has 3 heterocycles. The van der Waals surface area contributed by atoms with Gasteiger partial charge in [0, 0.05) is 31.5 Å². The minimum atomic E-state index is -0.373. The Hall–Kier alpha value is -2.67. The zero-order chi connectivity index (χ0) is 16.9. The molecule has 24 heavy (non-hydrogen) atoms. The Bertz CT molecular complexity index is 740. The molecule has 3 rings (SSSR count). The van der Waals surface area contributed by atoms with Gasteiger partial charge < -0.3 is 15.5 Å². The molecule has 7 nitrogen and oxygen atoms in total. The van der Waals surface area contributed by atoms with Gasteiger partial charge in [-0.15, -0.1) is 0 Å². The molecule has 1 unspecified atom stereocenters. The first-order valence-electron chi connectivity index (χ1n) is 7.52. The second-order valence-corrected chi connectivity index (χ2v) is 5.75. The summed E-state index contributed by atoms with van der Waals surface area (Å²) in [5, 5.41) is 5.72. The smallest absolute Gasteiger partial charge is 0.319 e. The average molecular weight is 346 g/mol. The highest BCUT2D eigenvalue weighted by molar-refractivity contribution is 6.32. The molecule has 0 spiro atoms. The number of hydrogen-bond donors (Lipinski definition) is 2. The van der Waals surface area contributed by atoms with Gasteiger partial charge in [0.05, 0.1) is 5.69 Å². The summed E-state index contributed by atoms with van der Waals surface area (Å²) < 4.78 is 0. The van der Waals surface area contributed by atoms with E-state index < -0.39 is 0 Å². The first kappa shape index (κ1) is 16.2. The van der Waals surface area contributed by atoms with Crippen molar-refractivity contribution in [3.63, 3.8) is 0 Å². The molecule has 2 aromatic heterocycles. The van der Waals surface area contributed by atoms with E-state index >= 15 is 0 Å². The molecule has 0 aromatic carbocycles. The Balaban J connectivity index is 1.54. The van der Waals surface area contributed by atoms with Crippen LogP contribution in [0.15, 0.2) is 42.7 Å². The molecule has 1 aliphatic heterocycles. The number of urea groups is 1. The van der Waals surface area contributed by atoms with Crippen LogP contribution in [0.3, 0.4) is 0 Å². The summed E-state index contributed by atoms with van der Waals surface area (Å²) >= 11 is 5.90.